The van der Waals surface area contributed by atoms with Gasteiger partial charge in [-0.15, -0.1) is 11.3 Å². The number of rotatable bonds is 5. The summed E-state index contributed by atoms with van der Waals surface area (Å²) in [7, 11) is 0. The zero-order chi connectivity index (χ0) is 13.0. The van der Waals surface area contributed by atoms with Crippen molar-refractivity contribution in [2.75, 3.05) is 6.54 Å². The molecular formula is C13H15ClN2OS. The van der Waals surface area contributed by atoms with Crippen molar-refractivity contribution in [3.8, 4) is 5.75 Å². The van der Waals surface area contributed by atoms with Gasteiger partial charge in [0.25, 0.3) is 0 Å². The fraction of sp³-hybridized carbons (Fsp3) is 0.308. The Balaban J connectivity index is 2.11. The van der Waals surface area contributed by atoms with Gasteiger partial charge in [-0.05, 0) is 32.0 Å². The minimum absolute atomic E-state index is 0.461. The fourth-order valence-corrected chi connectivity index (χ4v) is 2.54. The number of benzene rings is 1. The predicted molar refractivity (Wildman–Crippen MR) is 75.4 cm³/mol. The molecule has 2 aromatic rings. The summed E-state index contributed by atoms with van der Waals surface area (Å²) in [6.45, 7) is 2.99. The molecule has 0 atom stereocenters. The van der Waals surface area contributed by atoms with Crippen LogP contribution in [0, 0.1) is 6.92 Å². The second kappa shape index (κ2) is 6.18. The van der Waals surface area contributed by atoms with Gasteiger partial charge in [-0.1, -0.05) is 17.7 Å². The first kappa shape index (κ1) is 13.3. The van der Waals surface area contributed by atoms with Crippen molar-refractivity contribution in [3.05, 3.63) is 44.9 Å². The van der Waals surface area contributed by atoms with E-state index in [4.69, 9.17) is 22.1 Å². The molecule has 1 heterocycles. The van der Waals surface area contributed by atoms with Gasteiger partial charge in [0.1, 0.15) is 12.4 Å². The quantitative estimate of drug-likeness (QED) is 0.916. The zero-order valence-electron chi connectivity index (χ0n) is 10.1. The first-order chi connectivity index (χ1) is 8.70. The molecule has 2 N–H and O–H groups in total. The predicted octanol–water partition coefficient (Wildman–Crippen LogP) is 3.19. The Hall–Kier alpha value is -1.10. The molecule has 96 valence electrons. The molecule has 0 aliphatic carbocycles. The molecule has 2 rings (SSSR count). The first-order valence-electron chi connectivity index (χ1n) is 5.72. The Kier molecular flexibility index (Phi) is 4.58. The van der Waals surface area contributed by atoms with Crippen LogP contribution in [0.3, 0.4) is 0 Å². The van der Waals surface area contributed by atoms with E-state index in [-0.39, 0.29) is 0 Å². The van der Waals surface area contributed by atoms with Crippen LogP contribution in [0.15, 0.2) is 23.6 Å². The summed E-state index contributed by atoms with van der Waals surface area (Å²) in [6, 6.07) is 5.65. The van der Waals surface area contributed by atoms with E-state index in [0.717, 1.165) is 22.0 Å². The maximum Gasteiger partial charge on any atom is 0.131 e. The van der Waals surface area contributed by atoms with Gasteiger partial charge in [0.2, 0.25) is 0 Å². The maximum atomic E-state index is 6.14. The van der Waals surface area contributed by atoms with Crippen molar-refractivity contribution in [1.82, 2.24) is 4.98 Å². The molecule has 0 aliphatic rings. The summed E-state index contributed by atoms with van der Waals surface area (Å²) < 4.78 is 5.77. The van der Waals surface area contributed by atoms with Crippen LogP contribution < -0.4 is 10.5 Å². The van der Waals surface area contributed by atoms with Crippen LogP contribution in [-0.4, -0.2) is 11.5 Å². The molecular weight excluding hydrogens is 268 g/mol. The molecule has 18 heavy (non-hydrogen) atoms. The molecule has 1 aromatic heterocycles. The van der Waals surface area contributed by atoms with Gasteiger partial charge in [0.15, 0.2) is 0 Å². The molecule has 0 spiro atoms. The molecule has 0 unspecified atom stereocenters. The number of nitrogens with two attached hydrogens (primary N) is 1. The molecule has 0 fully saturated rings. The topological polar surface area (TPSA) is 48.1 Å². The summed E-state index contributed by atoms with van der Waals surface area (Å²) in [5.41, 5.74) is 7.49. The van der Waals surface area contributed by atoms with Gasteiger partial charge >= 0.3 is 0 Å². The minimum Gasteiger partial charge on any atom is -0.487 e. The number of hydrogen-bond donors (Lipinski definition) is 1. The van der Waals surface area contributed by atoms with E-state index < -0.39 is 0 Å². The Labute approximate surface area is 116 Å². The number of halogens is 1. The highest BCUT2D eigenvalue weighted by Crippen LogP contribution is 2.27. The highest BCUT2D eigenvalue weighted by atomic mass is 35.5. The lowest BCUT2D eigenvalue weighted by Gasteiger charge is -2.11. The second-order valence-electron chi connectivity index (χ2n) is 3.90. The Morgan fingerprint density at radius 3 is 2.94 bits per heavy atom. The fourth-order valence-electron chi connectivity index (χ4n) is 1.69. The number of thiazole rings is 1. The highest BCUT2D eigenvalue weighted by Gasteiger charge is 2.08. The lowest BCUT2D eigenvalue weighted by Crippen LogP contribution is -2.06. The van der Waals surface area contributed by atoms with E-state index >= 15 is 0 Å². The smallest absolute Gasteiger partial charge is 0.131 e. The van der Waals surface area contributed by atoms with Crippen molar-refractivity contribution in [1.29, 1.82) is 0 Å². The number of aromatic nitrogens is 1. The van der Waals surface area contributed by atoms with Crippen molar-refractivity contribution in [3.63, 3.8) is 0 Å². The molecule has 0 radical (unpaired) electrons. The van der Waals surface area contributed by atoms with Gasteiger partial charge < -0.3 is 10.5 Å². The van der Waals surface area contributed by atoms with Gasteiger partial charge in [-0.2, -0.15) is 0 Å². The van der Waals surface area contributed by atoms with Crippen LogP contribution in [0.5, 0.6) is 5.75 Å². The summed E-state index contributed by atoms with van der Waals surface area (Å²) in [5, 5.41) is 3.75. The van der Waals surface area contributed by atoms with E-state index in [1.54, 1.807) is 11.3 Å². The number of aryl methyl sites for hydroxylation is 1. The molecule has 0 bridgehead atoms. The number of hydrogen-bond acceptors (Lipinski definition) is 4. The van der Waals surface area contributed by atoms with Crippen molar-refractivity contribution >= 4 is 22.9 Å². The van der Waals surface area contributed by atoms with Crippen LogP contribution in [0.2, 0.25) is 5.02 Å². The largest absolute Gasteiger partial charge is 0.487 e. The highest BCUT2D eigenvalue weighted by molar-refractivity contribution is 7.09. The molecule has 0 saturated heterocycles. The number of ether oxygens (including phenoxy) is 1. The Bertz CT molecular complexity index is 527. The third kappa shape index (κ3) is 3.22. The van der Waals surface area contributed by atoms with Crippen LogP contribution >= 0.6 is 22.9 Å². The monoisotopic (exact) mass is 282 g/mol. The Morgan fingerprint density at radius 2 is 2.28 bits per heavy atom. The van der Waals surface area contributed by atoms with Gasteiger partial charge in [0.05, 0.1) is 10.7 Å². The molecule has 0 amide bonds. The minimum atomic E-state index is 0.461. The van der Waals surface area contributed by atoms with Crippen molar-refractivity contribution in [2.24, 2.45) is 5.73 Å². The third-order valence-electron chi connectivity index (χ3n) is 2.51. The van der Waals surface area contributed by atoms with Crippen LogP contribution in [-0.2, 0) is 13.0 Å². The van der Waals surface area contributed by atoms with Crippen LogP contribution in [0.25, 0.3) is 0 Å². The molecule has 0 saturated carbocycles. The van der Waals surface area contributed by atoms with E-state index in [2.05, 4.69) is 4.98 Å². The second-order valence-corrected chi connectivity index (χ2v) is 5.37. The average Bonchev–Trinajstić information content (AvgIpc) is 2.76. The molecule has 1 aromatic carbocycles. The summed E-state index contributed by atoms with van der Waals surface area (Å²) in [6.07, 6.45) is 0.713. The van der Waals surface area contributed by atoms with E-state index in [1.807, 2.05) is 30.5 Å². The zero-order valence-corrected chi connectivity index (χ0v) is 11.7. The normalized spacial score (nSPS) is 10.6. The van der Waals surface area contributed by atoms with Crippen LogP contribution in [0.4, 0.5) is 0 Å². The molecule has 0 aliphatic heterocycles. The summed E-state index contributed by atoms with van der Waals surface area (Å²) in [5.74, 6) is 0.790. The molecule has 3 nitrogen and oxygen atoms in total. The first-order valence-corrected chi connectivity index (χ1v) is 6.97. The number of nitrogens with zero attached hydrogens (tertiary/aromatic N) is 1. The van der Waals surface area contributed by atoms with Gasteiger partial charge in [-0.25, -0.2) is 4.98 Å². The molecule has 5 heteroatoms. The lowest BCUT2D eigenvalue weighted by atomic mass is 10.1. The van der Waals surface area contributed by atoms with E-state index in [0.29, 0.717) is 24.6 Å². The maximum absolute atomic E-state index is 6.14. The Morgan fingerprint density at radius 1 is 1.44 bits per heavy atom. The van der Waals surface area contributed by atoms with Gasteiger partial charge in [0, 0.05) is 16.0 Å². The van der Waals surface area contributed by atoms with E-state index in [9.17, 15) is 0 Å². The lowest BCUT2D eigenvalue weighted by molar-refractivity contribution is 0.299. The van der Waals surface area contributed by atoms with E-state index in [1.165, 1.54) is 0 Å². The third-order valence-corrected chi connectivity index (χ3v) is 3.69. The van der Waals surface area contributed by atoms with Crippen LogP contribution in [0.1, 0.15) is 16.3 Å². The van der Waals surface area contributed by atoms with Gasteiger partial charge in [-0.3, -0.25) is 0 Å². The SMILES string of the molecule is Cc1nc(COc2cccc(Cl)c2CCN)cs1. The standard InChI is InChI=1S/C13H15ClN2OS/c1-9-16-10(8-18-9)7-17-13-4-2-3-12(14)11(13)5-6-15/h2-4,8H,5-7,15H2,1H3. The average molecular weight is 283 g/mol. The summed E-state index contributed by atoms with van der Waals surface area (Å²) in [4.78, 5) is 4.36. The van der Waals surface area contributed by atoms with Crippen molar-refractivity contribution in [2.45, 2.75) is 20.0 Å². The summed E-state index contributed by atoms with van der Waals surface area (Å²) >= 11 is 7.76. The van der Waals surface area contributed by atoms with Crippen molar-refractivity contribution < 1.29 is 4.74 Å².